The van der Waals surface area contributed by atoms with Crippen molar-refractivity contribution in [2.75, 3.05) is 0 Å². The van der Waals surface area contributed by atoms with Gasteiger partial charge in [0, 0.05) is 18.9 Å². The highest BCUT2D eigenvalue weighted by Gasteiger charge is 2.25. The van der Waals surface area contributed by atoms with Crippen LogP contribution in [-0.4, -0.2) is 20.6 Å². The van der Waals surface area contributed by atoms with E-state index >= 15 is 0 Å². The quantitative estimate of drug-likeness (QED) is 0.707. The van der Waals surface area contributed by atoms with Crippen LogP contribution in [0.3, 0.4) is 0 Å². The highest BCUT2D eigenvalue weighted by atomic mass is 16.4. The molecular weight excluding hydrogens is 168 g/mol. The molecule has 0 saturated carbocycles. The number of fused-ring (bicyclic) bond motifs is 1. The molecule has 1 atom stereocenters. The topological polar surface area (TPSA) is 55.1 Å². The van der Waals surface area contributed by atoms with Gasteiger partial charge in [-0.1, -0.05) is 6.42 Å². The zero-order valence-electron chi connectivity index (χ0n) is 7.31. The summed E-state index contributed by atoms with van der Waals surface area (Å²) >= 11 is 0. The number of nitrogens with zero attached hydrogens (tertiary/aromatic N) is 2. The molecule has 0 radical (unpaired) electrons. The van der Waals surface area contributed by atoms with Crippen molar-refractivity contribution in [2.24, 2.45) is 0 Å². The number of aryl methyl sites for hydroxylation is 1. The Bertz CT molecular complexity index is 319. The Hall–Kier alpha value is -1.32. The monoisotopic (exact) mass is 180 g/mol. The highest BCUT2D eigenvalue weighted by Crippen LogP contribution is 2.24. The maximum atomic E-state index is 10.9. The van der Waals surface area contributed by atoms with Crippen LogP contribution >= 0.6 is 0 Å². The van der Waals surface area contributed by atoms with E-state index in [-0.39, 0.29) is 0 Å². The minimum Gasteiger partial charge on any atom is -0.481 e. The number of carbonyl (C=O) groups is 1. The fourth-order valence-corrected chi connectivity index (χ4v) is 1.81. The number of imidazole rings is 1. The van der Waals surface area contributed by atoms with Crippen molar-refractivity contribution in [3.05, 3.63) is 18.2 Å². The van der Waals surface area contributed by atoms with Crippen LogP contribution in [0.2, 0.25) is 0 Å². The Morgan fingerprint density at radius 3 is 3.23 bits per heavy atom. The van der Waals surface area contributed by atoms with Crippen molar-refractivity contribution in [1.29, 1.82) is 0 Å². The van der Waals surface area contributed by atoms with E-state index in [0.29, 0.717) is 12.2 Å². The molecule has 0 amide bonds. The van der Waals surface area contributed by atoms with E-state index in [9.17, 15) is 4.79 Å². The Morgan fingerprint density at radius 2 is 2.46 bits per heavy atom. The Morgan fingerprint density at radius 1 is 1.62 bits per heavy atom. The minimum atomic E-state index is -0.755. The van der Waals surface area contributed by atoms with E-state index in [1.54, 1.807) is 6.20 Å². The zero-order valence-corrected chi connectivity index (χ0v) is 7.31. The summed E-state index contributed by atoms with van der Waals surface area (Å²) in [4.78, 5) is 15.0. The van der Waals surface area contributed by atoms with Gasteiger partial charge in [0.1, 0.15) is 11.7 Å². The predicted molar refractivity (Wildman–Crippen MR) is 46.5 cm³/mol. The van der Waals surface area contributed by atoms with Crippen LogP contribution in [-0.2, 0) is 11.3 Å². The lowest BCUT2D eigenvalue weighted by Gasteiger charge is -2.08. The van der Waals surface area contributed by atoms with E-state index in [1.807, 2.05) is 10.8 Å². The molecule has 0 fully saturated rings. The lowest BCUT2D eigenvalue weighted by atomic mass is 10.0. The fraction of sp³-hybridized carbons (Fsp3) is 0.556. The molecule has 1 unspecified atom stereocenters. The van der Waals surface area contributed by atoms with Crippen molar-refractivity contribution >= 4 is 5.97 Å². The molecule has 2 rings (SSSR count). The van der Waals surface area contributed by atoms with E-state index in [4.69, 9.17) is 5.11 Å². The normalized spacial score (nSPS) is 22.0. The van der Waals surface area contributed by atoms with Crippen LogP contribution < -0.4 is 0 Å². The molecule has 70 valence electrons. The molecule has 0 spiro atoms. The predicted octanol–water partition coefficient (Wildman–Crippen LogP) is 1.24. The first-order chi connectivity index (χ1) is 6.29. The average Bonchev–Trinajstić information content (AvgIpc) is 2.44. The molecule has 0 bridgehead atoms. The van der Waals surface area contributed by atoms with Crippen molar-refractivity contribution in [2.45, 2.75) is 31.7 Å². The second kappa shape index (κ2) is 3.20. The first kappa shape index (κ1) is 8.29. The van der Waals surface area contributed by atoms with Gasteiger partial charge in [0.15, 0.2) is 0 Å². The van der Waals surface area contributed by atoms with Gasteiger partial charge in [-0.2, -0.15) is 0 Å². The molecule has 2 heterocycles. The summed E-state index contributed by atoms with van der Waals surface area (Å²) in [5, 5.41) is 8.98. The van der Waals surface area contributed by atoms with Crippen molar-refractivity contribution < 1.29 is 9.90 Å². The molecule has 13 heavy (non-hydrogen) atoms. The number of carboxylic acid groups (broad SMARTS) is 1. The van der Waals surface area contributed by atoms with Crippen molar-refractivity contribution in [1.82, 2.24) is 9.55 Å². The molecule has 4 nitrogen and oxygen atoms in total. The third-order valence-corrected chi connectivity index (χ3v) is 2.50. The summed E-state index contributed by atoms with van der Waals surface area (Å²) in [6, 6.07) is 0. The Kier molecular flexibility index (Phi) is 2.04. The number of aromatic nitrogens is 2. The highest BCUT2D eigenvalue weighted by molar-refractivity contribution is 5.74. The smallest absolute Gasteiger partial charge is 0.314 e. The third-order valence-electron chi connectivity index (χ3n) is 2.50. The van der Waals surface area contributed by atoms with Gasteiger partial charge in [-0.25, -0.2) is 4.98 Å². The average molecular weight is 180 g/mol. The number of hydrogen-bond donors (Lipinski definition) is 1. The lowest BCUT2D eigenvalue weighted by molar-refractivity contribution is -0.139. The first-order valence-electron chi connectivity index (χ1n) is 4.53. The van der Waals surface area contributed by atoms with Gasteiger partial charge in [-0.05, 0) is 12.8 Å². The summed E-state index contributed by atoms with van der Waals surface area (Å²) in [7, 11) is 0. The summed E-state index contributed by atoms with van der Waals surface area (Å²) in [6.07, 6.45) is 6.27. The van der Waals surface area contributed by atoms with E-state index in [2.05, 4.69) is 4.98 Å². The maximum absolute atomic E-state index is 10.9. The molecule has 0 aliphatic carbocycles. The van der Waals surface area contributed by atoms with E-state index in [0.717, 1.165) is 19.4 Å². The summed E-state index contributed by atoms with van der Waals surface area (Å²) < 4.78 is 1.95. The summed E-state index contributed by atoms with van der Waals surface area (Å²) in [5.74, 6) is -0.447. The van der Waals surface area contributed by atoms with Crippen molar-refractivity contribution in [3.8, 4) is 0 Å². The van der Waals surface area contributed by atoms with Crippen molar-refractivity contribution in [3.63, 3.8) is 0 Å². The van der Waals surface area contributed by atoms with Crippen LogP contribution in [0.15, 0.2) is 12.4 Å². The van der Waals surface area contributed by atoms with Crippen LogP contribution in [0.4, 0.5) is 0 Å². The SMILES string of the molecule is O=C(O)C1CCCCn2ccnc21. The van der Waals surface area contributed by atoms with Gasteiger partial charge in [0.2, 0.25) is 0 Å². The number of rotatable bonds is 1. The molecule has 1 aromatic rings. The largest absolute Gasteiger partial charge is 0.481 e. The zero-order chi connectivity index (χ0) is 9.26. The number of hydrogen-bond acceptors (Lipinski definition) is 2. The number of aliphatic carboxylic acids is 1. The molecule has 4 heteroatoms. The van der Waals surface area contributed by atoms with Gasteiger partial charge < -0.3 is 9.67 Å². The molecule has 0 saturated heterocycles. The van der Waals surface area contributed by atoms with E-state index < -0.39 is 11.9 Å². The lowest BCUT2D eigenvalue weighted by Crippen LogP contribution is -2.14. The summed E-state index contributed by atoms with van der Waals surface area (Å²) in [6.45, 7) is 0.902. The van der Waals surface area contributed by atoms with E-state index in [1.165, 1.54) is 0 Å². The molecule has 0 aromatic carbocycles. The number of carboxylic acids is 1. The van der Waals surface area contributed by atoms with Gasteiger partial charge in [-0.3, -0.25) is 4.79 Å². The van der Waals surface area contributed by atoms with Gasteiger partial charge in [0.25, 0.3) is 0 Å². The molecule has 1 aliphatic heterocycles. The van der Waals surface area contributed by atoms with Crippen LogP contribution in [0, 0.1) is 0 Å². The fourth-order valence-electron chi connectivity index (χ4n) is 1.81. The molecule has 1 aliphatic rings. The van der Waals surface area contributed by atoms with Gasteiger partial charge >= 0.3 is 5.97 Å². The minimum absolute atomic E-state index is 0.405. The Labute approximate surface area is 76.2 Å². The van der Waals surface area contributed by atoms with Gasteiger partial charge in [0.05, 0.1) is 0 Å². The second-order valence-electron chi connectivity index (χ2n) is 3.37. The standard InChI is InChI=1S/C9H12N2O2/c12-9(13)7-3-1-2-5-11-6-4-10-8(7)11/h4,6-7H,1-3,5H2,(H,12,13). The van der Waals surface area contributed by atoms with Crippen LogP contribution in [0.1, 0.15) is 31.0 Å². The van der Waals surface area contributed by atoms with Crippen LogP contribution in [0.25, 0.3) is 0 Å². The maximum Gasteiger partial charge on any atom is 0.314 e. The van der Waals surface area contributed by atoms with Crippen LogP contribution in [0.5, 0.6) is 0 Å². The third kappa shape index (κ3) is 1.43. The molecule has 1 N–H and O–H groups in total. The second-order valence-corrected chi connectivity index (χ2v) is 3.37. The summed E-state index contributed by atoms with van der Waals surface area (Å²) in [5.41, 5.74) is 0. The Balaban J connectivity index is 2.36. The molecular formula is C9H12N2O2. The molecule has 1 aromatic heterocycles. The first-order valence-corrected chi connectivity index (χ1v) is 4.53. The van der Waals surface area contributed by atoms with Gasteiger partial charge in [-0.15, -0.1) is 0 Å².